The zero-order valence-electron chi connectivity index (χ0n) is 28.6. The van der Waals surface area contributed by atoms with E-state index in [1.54, 1.807) is 39.0 Å². The van der Waals surface area contributed by atoms with Gasteiger partial charge in [0, 0.05) is 13.5 Å². The lowest BCUT2D eigenvalue weighted by atomic mass is 9.99. The summed E-state index contributed by atoms with van der Waals surface area (Å²) in [5.41, 5.74) is 0.891. The van der Waals surface area contributed by atoms with Gasteiger partial charge in [-0.25, -0.2) is 4.39 Å². The molecule has 1 aliphatic heterocycles. The summed E-state index contributed by atoms with van der Waals surface area (Å²) < 4.78 is 24.7. The Balaban J connectivity index is 1.63. The maximum Gasteiger partial charge on any atom is 0.255 e. The third-order valence-corrected chi connectivity index (χ3v) is 8.18. The van der Waals surface area contributed by atoms with Gasteiger partial charge in [-0.05, 0) is 54.8 Å². The Morgan fingerprint density at radius 3 is 2.32 bits per heavy atom. The number of carbonyl (C=O) groups excluding carboxylic acids is 5. The second-order valence-electron chi connectivity index (χ2n) is 12.5. The fraction of sp³-hybridized carbons (Fsp3) is 0.378. The average molecular weight is 690 g/mol. The number of nitrogens with zero attached hydrogens (tertiary/aromatic N) is 1. The van der Waals surface area contributed by atoms with Crippen molar-refractivity contribution >= 4 is 29.5 Å². The van der Waals surface area contributed by atoms with Crippen LogP contribution in [-0.2, 0) is 25.6 Å². The lowest BCUT2D eigenvalue weighted by Gasteiger charge is -2.31. The Bertz CT molecular complexity index is 1640. The topological polar surface area (TPSA) is 155 Å². The van der Waals surface area contributed by atoms with Crippen LogP contribution in [0.15, 0.2) is 78.9 Å². The summed E-state index contributed by atoms with van der Waals surface area (Å²) in [6.45, 7) is 5.39. The summed E-state index contributed by atoms with van der Waals surface area (Å²) >= 11 is 0. The van der Waals surface area contributed by atoms with Crippen molar-refractivity contribution in [3.05, 3.63) is 95.8 Å². The summed E-state index contributed by atoms with van der Waals surface area (Å²) in [5.74, 6) is -3.01. The molecule has 0 bridgehead atoms. The van der Waals surface area contributed by atoms with E-state index in [-0.39, 0.29) is 43.4 Å². The molecule has 0 spiro atoms. The first kappa shape index (κ1) is 37.4. The van der Waals surface area contributed by atoms with Crippen LogP contribution in [-0.4, -0.2) is 85.4 Å². The molecule has 50 heavy (non-hydrogen) atoms. The van der Waals surface area contributed by atoms with Crippen LogP contribution in [0.25, 0.3) is 0 Å². The minimum absolute atomic E-state index is 0.00458. The minimum atomic E-state index is -1.35. The van der Waals surface area contributed by atoms with Crippen molar-refractivity contribution in [2.24, 2.45) is 5.92 Å². The van der Waals surface area contributed by atoms with Gasteiger partial charge in [0.15, 0.2) is 0 Å². The quantitative estimate of drug-likeness (QED) is 0.265. The van der Waals surface area contributed by atoms with Crippen molar-refractivity contribution in [2.75, 3.05) is 26.8 Å². The van der Waals surface area contributed by atoms with Gasteiger partial charge in [0.2, 0.25) is 23.6 Å². The molecule has 13 heteroatoms. The van der Waals surface area contributed by atoms with Crippen LogP contribution in [0, 0.1) is 11.7 Å². The smallest absolute Gasteiger partial charge is 0.255 e. The third kappa shape index (κ3) is 10.5. The molecule has 12 nitrogen and oxygen atoms in total. The van der Waals surface area contributed by atoms with Crippen molar-refractivity contribution in [1.29, 1.82) is 0 Å². The molecule has 266 valence electrons. The third-order valence-electron chi connectivity index (χ3n) is 8.18. The molecule has 4 rings (SSSR count). The Morgan fingerprint density at radius 1 is 0.940 bits per heavy atom. The number of likely N-dealkylation sites (N-methyl/N-ethyl adjacent to an activating group) is 1. The molecule has 0 radical (unpaired) electrons. The summed E-state index contributed by atoms with van der Waals surface area (Å²) in [4.78, 5) is 69.6. The molecule has 4 atom stereocenters. The van der Waals surface area contributed by atoms with Crippen molar-refractivity contribution in [3.8, 4) is 11.5 Å². The fourth-order valence-corrected chi connectivity index (χ4v) is 5.33. The van der Waals surface area contributed by atoms with Gasteiger partial charge in [-0.2, -0.15) is 0 Å². The maximum atomic E-state index is 13.9. The minimum Gasteiger partial charge on any atom is -0.492 e. The summed E-state index contributed by atoms with van der Waals surface area (Å²) in [6.07, 6.45) is -0.359. The molecule has 1 aliphatic rings. The number of carbonyl (C=O) groups is 5. The normalized spacial score (nSPS) is 20.8. The number of fused-ring (bicyclic) bond motifs is 1. The number of benzene rings is 3. The number of para-hydroxylation sites is 1. The maximum absolute atomic E-state index is 13.9. The predicted octanol–water partition coefficient (Wildman–Crippen LogP) is 2.62. The molecular formula is C37H44FN5O7. The highest BCUT2D eigenvalue weighted by molar-refractivity contribution is 6.01. The van der Waals surface area contributed by atoms with Crippen molar-refractivity contribution in [3.63, 3.8) is 0 Å². The van der Waals surface area contributed by atoms with Crippen LogP contribution in [0.2, 0.25) is 0 Å². The Hall–Kier alpha value is -5.46. The standard InChI is InChI=1S/C37H44FN5O7/c1-23(2)33-37(48)40-24(3)22-50-31-13-9-8-12-28(31)34(45)41-29(35(46)39-18-19-49-27-16-14-26(38)15-17-27)21-32(44)43(4)30(36(47)42-33)20-25-10-6-5-7-11-25/h5-17,23-24,29-30,33H,18-22H2,1-4H3,(H,39,46)(H,40,48)(H,41,45)(H,42,47)/t24-,29-,30-,33+/m0/s1. The first-order valence-electron chi connectivity index (χ1n) is 16.5. The largest absolute Gasteiger partial charge is 0.492 e. The van der Waals surface area contributed by atoms with Gasteiger partial charge in [0.25, 0.3) is 5.91 Å². The van der Waals surface area contributed by atoms with Crippen LogP contribution >= 0.6 is 0 Å². The molecular weight excluding hydrogens is 645 g/mol. The van der Waals surface area contributed by atoms with Crippen LogP contribution in [0.1, 0.15) is 43.1 Å². The van der Waals surface area contributed by atoms with Crippen LogP contribution in [0.4, 0.5) is 4.39 Å². The lowest BCUT2D eigenvalue weighted by Crippen LogP contribution is -2.58. The molecule has 0 saturated carbocycles. The molecule has 4 N–H and O–H groups in total. The molecule has 5 amide bonds. The van der Waals surface area contributed by atoms with Crippen molar-refractivity contribution in [1.82, 2.24) is 26.2 Å². The van der Waals surface area contributed by atoms with E-state index in [1.165, 1.54) is 42.3 Å². The average Bonchev–Trinajstić information content (AvgIpc) is 3.10. The summed E-state index contributed by atoms with van der Waals surface area (Å²) in [7, 11) is 1.45. The monoisotopic (exact) mass is 689 g/mol. The Morgan fingerprint density at radius 2 is 1.62 bits per heavy atom. The van der Waals surface area contributed by atoms with E-state index in [2.05, 4.69) is 21.3 Å². The van der Waals surface area contributed by atoms with Gasteiger partial charge in [-0.1, -0.05) is 56.3 Å². The number of amides is 5. The van der Waals surface area contributed by atoms with Crippen molar-refractivity contribution < 1.29 is 37.8 Å². The van der Waals surface area contributed by atoms with Gasteiger partial charge >= 0.3 is 0 Å². The van der Waals surface area contributed by atoms with Gasteiger partial charge in [-0.15, -0.1) is 0 Å². The lowest BCUT2D eigenvalue weighted by molar-refractivity contribution is -0.141. The predicted molar refractivity (Wildman–Crippen MR) is 184 cm³/mol. The molecule has 0 unspecified atom stereocenters. The summed E-state index contributed by atoms with van der Waals surface area (Å²) in [5, 5.41) is 11.1. The molecule has 0 saturated heterocycles. The zero-order valence-corrected chi connectivity index (χ0v) is 28.6. The van der Waals surface area contributed by atoms with E-state index >= 15 is 0 Å². The van der Waals surface area contributed by atoms with Gasteiger partial charge in [-0.3, -0.25) is 24.0 Å². The number of hydrogen-bond acceptors (Lipinski definition) is 7. The highest BCUT2D eigenvalue weighted by Crippen LogP contribution is 2.20. The number of halogens is 1. The first-order valence-corrected chi connectivity index (χ1v) is 16.5. The van der Waals surface area contributed by atoms with Crippen LogP contribution in [0.3, 0.4) is 0 Å². The van der Waals surface area contributed by atoms with Gasteiger partial charge < -0.3 is 35.6 Å². The SMILES string of the molecule is CC(C)[C@H]1NC(=O)[C@H](Cc2ccccc2)N(C)C(=O)C[C@@H](C(=O)NCCOc2ccc(F)cc2)NC(=O)c2ccccc2OC[C@H](C)NC1=O. The van der Waals surface area contributed by atoms with E-state index in [0.29, 0.717) is 5.75 Å². The Labute approximate surface area is 291 Å². The second kappa shape index (κ2) is 17.8. The van der Waals surface area contributed by atoms with Crippen LogP contribution in [0.5, 0.6) is 11.5 Å². The van der Waals surface area contributed by atoms with E-state index in [4.69, 9.17) is 9.47 Å². The Kier molecular flexibility index (Phi) is 13.3. The summed E-state index contributed by atoms with van der Waals surface area (Å²) in [6, 6.07) is 17.1. The van der Waals surface area contributed by atoms with Crippen LogP contribution < -0.4 is 30.7 Å². The number of ether oxygens (including phenoxy) is 2. The zero-order chi connectivity index (χ0) is 36.2. The number of nitrogens with one attached hydrogen (secondary N) is 4. The molecule has 0 aromatic heterocycles. The number of hydrogen-bond donors (Lipinski definition) is 4. The fourth-order valence-electron chi connectivity index (χ4n) is 5.33. The molecule has 3 aromatic rings. The highest BCUT2D eigenvalue weighted by atomic mass is 19.1. The van der Waals surface area contributed by atoms with E-state index < -0.39 is 65.9 Å². The highest BCUT2D eigenvalue weighted by Gasteiger charge is 2.35. The van der Waals surface area contributed by atoms with Gasteiger partial charge in [0.1, 0.15) is 48.7 Å². The molecule has 1 heterocycles. The van der Waals surface area contributed by atoms with E-state index in [0.717, 1.165) is 5.56 Å². The molecule has 0 fully saturated rings. The van der Waals surface area contributed by atoms with Crippen molar-refractivity contribution in [2.45, 2.75) is 57.8 Å². The van der Waals surface area contributed by atoms with E-state index in [1.807, 2.05) is 30.3 Å². The van der Waals surface area contributed by atoms with E-state index in [9.17, 15) is 28.4 Å². The number of rotatable bonds is 8. The molecule has 0 aliphatic carbocycles. The second-order valence-corrected chi connectivity index (χ2v) is 12.5. The van der Waals surface area contributed by atoms with Gasteiger partial charge in [0.05, 0.1) is 24.6 Å². The molecule has 3 aromatic carbocycles. The first-order chi connectivity index (χ1) is 23.9.